The minimum atomic E-state index is -0.172. The van der Waals surface area contributed by atoms with Gasteiger partial charge in [0.05, 0.1) is 0 Å². The molecule has 0 saturated carbocycles. The van der Waals surface area contributed by atoms with Crippen LogP contribution in [0.15, 0.2) is 12.7 Å². The van der Waals surface area contributed by atoms with Crippen molar-refractivity contribution >= 4 is 5.91 Å². The molecule has 0 aromatic heterocycles. The Morgan fingerprint density at radius 2 is 1.91 bits per heavy atom. The Morgan fingerprint density at radius 1 is 1.45 bits per heavy atom. The van der Waals surface area contributed by atoms with E-state index in [2.05, 4.69) is 17.4 Å². The maximum Gasteiger partial charge on any atom is 0.274 e. The molecule has 11 heavy (non-hydrogen) atoms. The van der Waals surface area contributed by atoms with Crippen LogP contribution in [0.4, 0.5) is 0 Å². The summed E-state index contributed by atoms with van der Waals surface area (Å²) in [6.45, 7) is 8.61. The molecule has 0 radical (unpaired) electrons. The minimum absolute atomic E-state index is 0.172. The van der Waals surface area contributed by atoms with Crippen LogP contribution in [0.2, 0.25) is 0 Å². The molecule has 0 aliphatic heterocycles. The SMILES string of the molecule is C=CC(=O)N(NCC)NCC. The fourth-order valence-electron chi connectivity index (χ4n) is 0.619. The zero-order valence-electron chi connectivity index (χ0n) is 7.05. The molecule has 0 heterocycles. The van der Waals surface area contributed by atoms with Crippen molar-refractivity contribution in [1.82, 2.24) is 16.0 Å². The van der Waals surface area contributed by atoms with Crippen LogP contribution in [-0.2, 0) is 4.79 Å². The Balaban J connectivity index is 3.86. The first-order valence-electron chi connectivity index (χ1n) is 3.69. The third-order valence-electron chi connectivity index (χ3n) is 1.03. The van der Waals surface area contributed by atoms with Crippen molar-refractivity contribution in [3.05, 3.63) is 12.7 Å². The number of hydrazine groups is 2. The van der Waals surface area contributed by atoms with Gasteiger partial charge in [-0.2, -0.15) is 0 Å². The molecule has 0 fully saturated rings. The first-order valence-corrected chi connectivity index (χ1v) is 3.69. The van der Waals surface area contributed by atoms with Gasteiger partial charge in [0, 0.05) is 13.1 Å². The summed E-state index contributed by atoms with van der Waals surface area (Å²) >= 11 is 0. The second kappa shape index (κ2) is 5.88. The fraction of sp³-hybridized carbons (Fsp3) is 0.571. The van der Waals surface area contributed by atoms with Crippen LogP contribution in [0.3, 0.4) is 0 Å². The highest BCUT2D eigenvalue weighted by molar-refractivity contribution is 5.86. The molecule has 0 unspecified atom stereocenters. The van der Waals surface area contributed by atoms with E-state index < -0.39 is 0 Å². The summed E-state index contributed by atoms with van der Waals surface area (Å²) in [7, 11) is 0. The Hall–Kier alpha value is -0.870. The first-order chi connectivity index (χ1) is 5.26. The lowest BCUT2D eigenvalue weighted by atomic mass is 10.6. The van der Waals surface area contributed by atoms with E-state index in [1.54, 1.807) is 0 Å². The van der Waals surface area contributed by atoms with Gasteiger partial charge >= 0.3 is 0 Å². The molecule has 4 nitrogen and oxygen atoms in total. The van der Waals surface area contributed by atoms with Crippen LogP contribution >= 0.6 is 0 Å². The van der Waals surface area contributed by atoms with Crippen molar-refractivity contribution in [3.63, 3.8) is 0 Å². The summed E-state index contributed by atoms with van der Waals surface area (Å²) in [6, 6.07) is 0. The van der Waals surface area contributed by atoms with E-state index in [0.29, 0.717) is 13.1 Å². The van der Waals surface area contributed by atoms with Gasteiger partial charge in [-0.3, -0.25) is 4.79 Å². The average Bonchev–Trinajstić information content (AvgIpc) is 2.03. The molecule has 0 bridgehead atoms. The topological polar surface area (TPSA) is 44.4 Å². The molecule has 0 rings (SSSR count). The maximum absolute atomic E-state index is 11.0. The summed E-state index contributed by atoms with van der Waals surface area (Å²) in [4.78, 5) is 11.0. The molecule has 0 aromatic rings. The van der Waals surface area contributed by atoms with Crippen LogP contribution in [0.5, 0.6) is 0 Å². The zero-order valence-corrected chi connectivity index (χ0v) is 7.05. The highest BCUT2D eigenvalue weighted by Gasteiger charge is 2.05. The van der Waals surface area contributed by atoms with Gasteiger partial charge in [-0.15, -0.1) is 0 Å². The maximum atomic E-state index is 11.0. The van der Waals surface area contributed by atoms with Gasteiger partial charge in [0.25, 0.3) is 5.91 Å². The van der Waals surface area contributed by atoms with Crippen molar-refractivity contribution < 1.29 is 4.79 Å². The number of carbonyl (C=O) groups is 1. The van der Waals surface area contributed by atoms with Crippen molar-refractivity contribution in [3.8, 4) is 0 Å². The summed E-state index contributed by atoms with van der Waals surface area (Å²) in [6.07, 6.45) is 1.26. The van der Waals surface area contributed by atoms with Gasteiger partial charge < -0.3 is 0 Å². The molecule has 2 N–H and O–H groups in total. The van der Waals surface area contributed by atoms with E-state index in [1.807, 2.05) is 13.8 Å². The molecule has 0 aliphatic carbocycles. The second-order valence-electron chi connectivity index (χ2n) is 1.90. The van der Waals surface area contributed by atoms with Gasteiger partial charge in [-0.1, -0.05) is 20.4 Å². The average molecular weight is 157 g/mol. The van der Waals surface area contributed by atoms with Crippen molar-refractivity contribution in [1.29, 1.82) is 0 Å². The molecule has 4 heteroatoms. The fourth-order valence-corrected chi connectivity index (χ4v) is 0.619. The first kappa shape index (κ1) is 10.1. The van der Waals surface area contributed by atoms with Gasteiger partial charge in [0.2, 0.25) is 0 Å². The van der Waals surface area contributed by atoms with E-state index in [1.165, 1.54) is 11.2 Å². The summed E-state index contributed by atoms with van der Waals surface area (Å²) < 4.78 is 0. The highest BCUT2D eigenvalue weighted by Crippen LogP contribution is 1.79. The lowest BCUT2D eigenvalue weighted by molar-refractivity contribution is -0.132. The summed E-state index contributed by atoms with van der Waals surface area (Å²) in [5.74, 6) is -0.172. The smallest absolute Gasteiger partial charge is 0.267 e. The largest absolute Gasteiger partial charge is 0.274 e. The number of hydrogen-bond donors (Lipinski definition) is 2. The molecular weight excluding hydrogens is 142 g/mol. The van der Waals surface area contributed by atoms with Crippen molar-refractivity contribution in [2.45, 2.75) is 13.8 Å². The molecule has 0 aliphatic rings. The normalized spacial score (nSPS) is 9.27. The predicted molar refractivity (Wildman–Crippen MR) is 44.4 cm³/mol. The zero-order chi connectivity index (χ0) is 8.69. The van der Waals surface area contributed by atoms with Crippen LogP contribution in [-0.4, -0.2) is 24.1 Å². The van der Waals surface area contributed by atoms with E-state index in [0.717, 1.165) is 0 Å². The van der Waals surface area contributed by atoms with Gasteiger partial charge in [0.15, 0.2) is 0 Å². The minimum Gasteiger partial charge on any atom is -0.267 e. The Labute approximate surface area is 67.2 Å². The van der Waals surface area contributed by atoms with Crippen molar-refractivity contribution in [2.24, 2.45) is 0 Å². The van der Waals surface area contributed by atoms with E-state index in [9.17, 15) is 4.79 Å². The third-order valence-corrected chi connectivity index (χ3v) is 1.03. The highest BCUT2D eigenvalue weighted by atomic mass is 16.2. The quantitative estimate of drug-likeness (QED) is 0.438. The van der Waals surface area contributed by atoms with Gasteiger partial charge in [-0.25, -0.2) is 16.0 Å². The standard InChI is InChI=1S/C7H15N3O/c1-4-7(11)10(8-5-2)9-6-3/h4,8-9H,1,5-6H2,2-3H3. The molecule has 0 spiro atoms. The molecular formula is C7H15N3O. The molecule has 1 amide bonds. The molecule has 0 saturated heterocycles. The number of nitrogens with zero attached hydrogens (tertiary/aromatic N) is 1. The van der Waals surface area contributed by atoms with E-state index in [4.69, 9.17) is 0 Å². The molecule has 64 valence electrons. The van der Waals surface area contributed by atoms with E-state index >= 15 is 0 Å². The lowest BCUT2D eigenvalue weighted by Crippen LogP contribution is -2.50. The number of rotatable bonds is 5. The second-order valence-corrected chi connectivity index (χ2v) is 1.90. The lowest BCUT2D eigenvalue weighted by Gasteiger charge is -2.20. The van der Waals surface area contributed by atoms with Crippen LogP contribution in [0.1, 0.15) is 13.8 Å². The summed E-state index contributed by atoms with van der Waals surface area (Å²) in [5, 5.41) is 1.33. The predicted octanol–water partition coefficient (Wildman–Crippen LogP) is 0.0500. The van der Waals surface area contributed by atoms with Crippen LogP contribution < -0.4 is 10.9 Å². The Bertz CT molecular complexity index is 130. The number of carbonyl (C=O) groups excluding carboxylic acids is 1. The van der Waals surface area contributed by atoms with Crippen LogP contribution in [0, 0.1) is 0 Å². The number of nitrogens with one attached hydrogen (secondary N) is 2. The summed E-state index contributed by atoms with van der Waals surface area (Å²) in [5.41, 5.74) is 5.67. The van der Waals surface area contributed by atoms with E-state index in [-0.39, 0.29) is 5.91 Å². The Morgan fingerprint density at radius 3 is 2.18 bits per heavy atom. The molecule has 0 aromatic carbocycles. The number of hydrogen-bond acceptors (Lipinski definition) is 3. The Kier molecular flexibility index (Phi) is 5.42. The monoisotopic (exact) mass is 157 g/mol. The number of amides is 1. The van der Waals surface area contributed by atoms with Crippen molar-refractivity contribution in [2.75, 3.05) is 13.1 Å². The van der Waals surface area contributed by atoms with Gasteiger partial charge in [-0.05, 0) is 6.08 Å². The van der Waals surface area contributed by atoms with Crippen LogP contribution in [0.25, 0.3) is 0 Å². The molecule has 0 atom stereocenters. The third kappa shape index (κ3) is 3.75. The van der Waals surface area contributed by atoms with Gasteiger partial charge in [0.1, 0.15) is 0 Å².